The number of rotatable bonds is 4. The maximum atomic E-state index is 5.72. The number of anilines is 1. The molecular formula is C13H17N3O. The summed E-state index contributed by atoms with van der Waals surface area (Å²) in [5, 5.41) is 3.96. The number of nitrogen functional groups attached to an aromatic ring is 1. The number of aromatic nitrogens is 2. The molecule has 0 aliphatic rings. The normalized spacial score (nSPS) is 11.0. The van der Waals surface area contributed by atoms with Gasteiger partial charge in [-0.1, -0.05) is 31.1 Å². The molecule has 1 aromatic heterocycles. The number of hydrogen-bond donors (Lipinski definition) is 1. The first-order valence-corrected chi connectivity index (χ1v) is 5.82. The zero-order valence-corrected chi connectivity index (χ0v) is 10.2. The zero-order chi connectivity index (χ0) is 12.3. The van der Waals surface area contributed by atoms with Crippen LogP contribution in [0.5, 0.6) is 0 Å². The van der Waals surface area contributed by atoms with E-state index in [1.54, 1.807) is 0 Å². The van der Waals surface area contributed by atoms with Gasteiger partial charge >= 0.3 is 0 Å². The van der Waals surface area contributed by atoms with E-state index in [0.29, 0.717) is 5.89 Å². The summed E-state index contributed by atoms with van der Waals surface area (Å²) in [4.78, 5) is 4.34. The van der Waals surface area contributed by atoms with Gasteiger partial charge in [-0.15, -0.1) is 0 Å². The van der Waals surface area contributed by atoms with Gasteiger partial charge in [0.1, 0.15) is 0 Å². The van der Waals surface area contributed by atoms with E-state index in [9.17, 15) is 0 Å². The molecule has 4 nitrogen and oxygen atoms in total. The van der Waals surface area contributed by atoms with Crippen LogP contribution in [0.3, 0.4) is 0 Å². The lowest BCUT2D eigenvalue weighted by Gasteiger charge is -1.99. The third-order valence-electron chi connectivity index (χ3n) is 2.57. The highest BCUT2D eigenvalue weighted by molar-refractivity contribution is 5.40. The van der Waals surface area contributed by atoms with Crippen molar-refractivity contribution >= 4 is 5.69 Å². The number of nitrogens with zero attached hydrogens (tertiary/aromatic N) is 2. The van der Waals surface area contributed by atoms with Crippen molar-refractivity contribution in [3.8, 4) is 0 Å². The summed E-state index contributed by atoms with van der Waals surface area (Å²) in [5.41, 5.74) is 7.71. The first-order chi connectivity index (χ1) is 8.15. The third-order valence-corrected chi connectivity index (χ3v) is 2.57. The fraction of sp³-hybridized carbons (Fsp3) is 0.385. The van der Waals surface area contributed by atoms with E-state index >= 15 is 0 Å². The highest BCUT2D eigenvalue weighted by Gasteiger charge is 2.09. The molecule has 2 aromatic rings. The molecule has 0 saturated carbocycles. The second kappa shape index (κ2) is 4.99. The minimum atomic E-state index is 0.281. The molecule has 0 aliphatic carbocycles. The van der Waals surface area contributed by atoms with Crippen molar-refractivity contribution in [2.75, 3.05) is 5.73 Å². The summed E-state index contributed by atoms with van der Waals surface area (Å²) in [5.74, 6) is 1.74. The summed E-state index contributed by atoms with van der Waals surface area (Å²) >= 11 is 0. The summed E-state index contributed by atoms with van der Waals surface area (Å²) in [7, 11) is 0. The van der Waals surface area contributed by atoms with Crippen molar-refractivity contribution in [3.63, 3.8) is 0 Å². The first kappa shape index (κ1) is 11.6. The highest BCUT2D eigenvalue weighted by Crippen LogP contribution is 2.13. The number of hydrogen-bond acceptors (Lipinski definition) is 4. The Bertz CT molecular complexity index is 491. The highest BCUT2D eigenvalue weighted by atomic mass is 16.5. The lowest BCUT2D eigenvalue weighted by Crippen LogP contribution is -1.95. The smallest absolute Gasteiger partial charge is 0.229 e. The largest absolute Gasteiger partial charge is 0.399 e. The topological polar surface area (TPSA) is 64.9 Å². The van der Waals surface area contributed by atoms with Gasteiger partial charge in [0.15, 0.2) is 5.82 Å². The molecule has 0 bridgehead atoms. The van der Waals surface area contributed by atoms with Crippen LogP contribution in [0.1, 0.15) is 37.0 Å². The Morgan fingerprint density at radius 2 is 2.12 bits per heavy atom. The molecule has 4 heteroatoms. The minimum absolute atomic E-state index is 0.281. The van der Waals surface area contributed by atoms with Crippen molar-refractivity contribution < 1.29 is 4.52 Å². The molecule has 0 fully saturated rings. The Kier molecular flexibility index (Phi) is 3.42. The summed E-state index contributed by atoms with van der Waals surface area (Å²) in [6, 6.07) is 7.87. The first-order valence-electron chi connectivity index (χ1n) is 5.82. The summed E-state index contributed by atoms with van der Waals surface area (Å²) < 4.78 is 5.15. The Hall–Kier alpha value is -1.84. The molecule has 0 atom stereocenters. The van der Waals surface area contributed by atoms with Gasteiger partial charge in [0.2, 0.25) is 5.89 Å². The second-order valence-corrected chi connectivity index (χ2v) is 4.45. The average Bonchev–Trinajstić information content (AvgIpc) is 2.75. The molecule has 0 unspecified atom stereocenters. The molecule has 0 saturated heterocycles. The van der Waals surface area contributed by atoms with Crippen LogP contribution in [0.4, 0.5) is 5.69 Å². The van der Waals surface area contributed by atoms with Crippen LogP contribution in [0.15, 0.2) is 28.8 Å². The Morgan fingerprint density at radius 1 is 1.29 bits per heavy atom. The molecule has 2 rings (SSSR count). The van der Waals surface area contributed by atoms with E-state index < -0.39 is 0 Å². The molecule has 17 heavy (non-hydrogen) atoms. The van der Waals surface area contributed by atoms with Crippen LogP contribution in [0.2, 0.25) is 0 Å². The van der Waals surface area contributed by atoms with E-state index in [-0.39, 0.29) is 5.92 Å². The number of aryl methyl sites for hydroxylation is 2. The Balaban J connectivity index is 1.97. The lowest BCUT2D eigenvalue weighted by molar-refractivity contribution is 0.360. The molecule has 1 aromatic carbocycles. The lowest BCUT2D eigenvalue weighted by atomic mass is 10.1. The van der Waals surface area contributed by atoms with Gasteiger partial charge in [-0.3, -0.25) is 0 Å². The van der Waals surface area contributed by atoms with Crippen LogP contribution in [-0.2, 0) is 12.8 Å². The van der Waals surface area contributed by atoms with Crippen LogP contribution in [-0.4, -0.2) is 10.1 Å². The standard InChI is InChI=1S/C13H17N3O/c1-9(2)13-15-12(16-17-13)7-6-10-4-3-5-11(14)8-10/h3-5,8-9H,6-7,14H2,1-2H3. The van der Waals surface area contributed by atoms with Gasteiger partial charge in [-0.2, -0.15) is 4.98 Å². The molecule has 90 valence electrons. The molecule has 0 aliphatic heterocycles. The van der Waals surface area contributed by atoms with Gasteiger partial charge in [-0.05, 0) is 24.1 Å². The molecule has 0 amide bonds. The van der Waals surface area contributed by atoms with Crippen LogP contribution < -0.4 is 5.73 Å². The quantitative estimate of drug-likeness (QED) is 0.821. The maximum absolute atomic E-state index is 5.72. The van der Waals surface area contributed by atoms with Gasteiger partial charge in [-0.25, -0.2) is 0 Å². The summed E-state index contributed by atoms with van der Waals surface area (Å²) in [6.07, 6.45) is 1.65. The van der Waals surface area contributed by atoms with Crippen LogP contribution in [0, 0.1) is 0 Å². The Labute approximate surface area is 101 Å². The number of benzene rings is 1. The van der Waals surface area contributed by atoms with Gasteiger partial charge in [0.05, 0.1) is 0 Å². The van der Waals surface area contributed by atoms with Gasteiger partial charge in [0, 0.05) is 18.0 Å². The van der Waals surface area contributed by atoms with E-state index in [1.807, 2.05) is 32.0 Å². The van der Waals surface area contributed by atoms with Crippen molar-refractivity contribution in [1.29, 1.82) is 0 Å². The zero-order valence-electron chi connectivity index (χ0n) is 10.2. The third kappa shape index (κ3) is 3.06. The summed E-state index contributed by atoms with van der Waals surface area (Å²) in [6.45, 7) is 4.07. The molecule has 1 heterocycles. The van der Waals surface area contributed by atoms with Crippen LogP contribution in [0.25, 0.3) is 0 Å². The second-order valence-electron chi connectivity index (χ2n) is 4.45. The van der Waals surface area contributed by atoms with Gasteiger partial charge < -0.3 is 10.3 Å². The Morgan fingerprint density at radius 3 is 2.76 bits per heavy atom. The minimum Gasteiger partial charge on any atom is -0.399 e. The number of nitrogens with two attached hydrogens (primary N) is 1. The predicted molar refractivity (Wildman–Crippen MR) is 66.6 cm³/mol. The SMILES string of the molecule is CC(C)c1nc(CCc2cccc(N)c2)no1. The van der Waals surface area contributed by atoms with E-state index in [2.05, 4.69) is 16.2 Å². The van der Waals surface area contributed by atoms with E-state index in [0.717, 1.165) is 24.4 Å². The predicted octanol–water partition coefficient (Wildman–Crippen LogP) is 2.56. The van der Waals surface area contributed by atoms with E-state index in [4.69, 9.17) is 10.3 Å². The molecule has 2 N–H and O–H groups in total. The van der Waals surface area contributed by atoms with Crippen LogP contribution >= 0.6 is 0 Å². The van der Waals surface area contributed by atoms with Crippen molar-refractivity contribution in [2.45, 2.75) is 32.6 Å². The van der Waals surface area contributed by atoms with Crippen molar-refractivity contribution in [2.24, 2.45) is 0 Å². The van der Waals surface area contributed by atoms with Gasteiger partial charge in [0.25, 0.3) is 0 Å². The molecular weight excluding hydrogens is 214 g/mol. The fourth-order valence-electron chi connectivity index (χ4n) is 1.61. The monoisotopic (exact) mass is 231 g/mol. The van der Waals surface area contributed by atoms with Crippen molar-refractivity contribution in [1.82, 2.24) is 10.1 Å². The average molecular weight is 231 g/mol. The van der Waals surface area contributed by atoms with E-state index in [1.165, 1.54) is 5.56 Å². The van der Waals surface area contributed by atoms with Crippen molar-refractivity contribution in [3.05, 3.63) is 41.5 Å². The fourth-order valence-corrected chi connectivity index (χ4v) is 1.61. The molecule has 0 spiro atoms. The molecule has 0 radical (unpaired) electrons. The maximum Gasteiger partial charge on any atom is 0.229 e.